The highest BCUT2D eigenvalue weighted by Crippen LogP contribution is 2.19. The fourth-order valence-corrected chi connectivity index (χ4v) is 3.94. The molecule has 2 aromatic rings. The van der Waals surface area contributed by atoms with Gasteiger partial charge in [-0.1, -0.05) is 29.8 Å². The molecule has 1 saturated heterocycles. The van der Waals surface area contributed by atoms with Gasteiger partial charge < -0.3 is 4.74 Å². The number of aryl methyl sites for hydroxylation is 1. The van der Waals surface area contributed by atoms with E-state index in [9.17, 15) is 8.42 Å². The van der Waals surface area contributed by atoms with Crippen LogP contribution in [0.5, 0.6) is 5.88 Å². The largest absolute Gasteiger partial charge is 0.473 e. The zero-order valence-electron chi connectivity index (χ0n) is 14.1. The van der Waals surface area contributed by atoms with Gasteiger partial charge >= 0.3 is 0 Å². The first-order chi connectivity index (χ1) is 12.0. The summed E-state index contributed by atoms with van der Waals surface area (Å²) in [5.41, 5.74) is 2.00. The molecule has 3 rings (SSSR count). The maximum absolute atomic E-state index is 12.6. The predicted octanol–water partition coefficient (Wildman–Crippen LogP) is 2.63. The molecule has 7 heteroatoms. The van der Waals surface area contributed by atoms with Crippen molar-refractivity contribution in [3.05, 3.63) is 59.4 Å². The minimum atomic E-state index is -3.48. The Hall–Kier alpha value is -2.25. The van der Waals surface area contributed by atoms with Gasteiger partial charge in [0, 0.05) is 24.2 Å². The first kappa shape index (κ1) is 17.6. The van der Waals surface area contributed by atoms with Crippen LogP contribution in [0.4, 0.5) is 0 Å². The maximum Gasteiger partial charge on any atom is 0.236 e. The van der Waals surface area contributed by atoms with Crippen molar-refractivity contribution >= 4 is 16.1 Å². The summed E-state index contributed by atoms with van der Waals surface area (Å²) in [7, 11) is -3.48. The average molecular weight is 359 g/mol. The van der Waals surface area contributed by atoms with E-state index in [-0.39, 0.29) is 6.10 Å². The van der Waals surface area contributed by atoms with E-state index in [0.29, 0.717) is 19.0 Å². The number of piperidine rings is 1. The zero-order chi connectivity index (χ0) is 17.7. The van der Waals surface area contributed by atoms with Crippen molar-refractivity contribution in [1.29, 1.82) is 0 Å². The van der Waals surface area contributed by atoms with Gasteiger partial charge in [-0.05, 0) is 31.4 Å². The molecule has 25 heavy (non-hydrogen) atoms. The summed E-state index contributed by atoms with van der Waals surface area (Å²) < 4.78 is 32.4. The molecule has 6 nitrogen and oxygen atoms in total. The molecule has 1 aromatic carbocycles. The fraction of sp³-hybridized carbons (Fsp3) is 0.333. The minimum absolute atomic E-state index is 0.203. The molecular weight excluding hydrogens is 338 g/mol. The zero-order valence-corrected chi connectivity index (χ0v) is 14.9. The Labute approximate surface area is 148 Å². The lowest BCUT2D eigenvalue weighted by Gasteiger charge is -2.30. The second-order valence-electron chi connectivity index (χ2n) is 6.05. The summed E-state index contributed by atoms with van der Waals surface area (Å²) in [4.78, 5) is 7.87. The van der Waals surface area contributed by atoms with E-state index in [4.69, 9.17) is 4.74 Å². The van der Waals surface area contributed by atoms with Gasteiger partial charge in [0.05, 0.1) is 6.54 Å². The Bertz CT molecular complexity index is 820. The van der Waals surface area contributed by atoms with Crippen molar-refractivity contribution in [2.24, 2.45) is 0 Å². The lowest BCUT2D eigenvalue weighted by molar-refractivity contribution is 0.125. The van der Waals surface area contributed by atoms with Crippen LogP contribution in [0, 0.1) is 6.92 Å². The number of hydrogen-bond acceptors (Lipinski definition) is 5. The second-order valence-corrected chi connectivity index (χ2v) is 7.86. The monoisotopic (exact) mass is 359 g/mol. The van der Waals surface area contributed by atoms with Gasteiger partial charge in [-0.25, -0.2) is 18.4 Å². The molecule has 0 amide bonds. The Morgan fingerprint density at radius 1 is 1.24 bits per heavy atom. The standard InChI is InChI=1S/C18H21N3O3S/c1-15-4-6-16(7-5-15)9-12-25(22,23)21-11-2-3-17(13-21)24-18-8-10-19-14-20-18/h4-10,12,14,17H,2-3,11,13H2,1H3/b12-9+. The smallest absolute Gasteiger partial charge is 0.236 e. The number of nitrogens with zero attached hydrogens (tertiary/aromatic N) is 3. The summed E-state index contributed by atoms with van der Waals surface area (Å²) in [6.45, 7) is 2.82. The number of sulfonamides is 1. The third-order valence-corrected chi connectivity index (χ3v) is 5.58. The molecule has 1 aliphatic rings. The van der Waals surface area contributed by atoms with Crippen LogP contribution in [0.2, 0.25) is 0 Å². The van der Waals surface area contributed by atoms with Gasteiger partial charge in [0.15, 0.2) is 0 Å². The third-order valence-electron chi connectivity index (χ3n) is 4.05. The van der Waals surface area contributed by atoms with E-state index in [1.54, 1.807) is 18.3 Å². The molecule has 2 heterocycles. The highest BCUT2D eigenvalue weighted by Gasteiger charge is 2.28. The Kier molecular flexibility index (Phi) is 5.45. The van der Waals surface area contributed by atoms with E-state index in [1.165, 1.54) is 16.0 Å². The van der Waals surface area contributed by atoms with E-state index >= 15 is 0 Å². The summed E-state index contributed by atoms with van der Waals surface area (Å²) in [5, 5.41) is 1.27. The van der Waals surface area contributed by atoms with Gasteiger partial charge in [0.25, 0.3) is 0 Å². The number of ether oxygens (including phenoxy) is 1. The number of hydrogen-bond donors (Lipinski definition) is 0. The molecule has 0 aliphatic carbocycles. The van der Waals surface area contributed by atoms with Crippen LogP contribution >= 0.6 is 0 Å². The van der Waals surface area contributed by atoms with Crippen LogP contribution in [-0.4, -0.2) is 41.9 Å². The predicted molar refractivity (Wildman–Crippen MR) is 96.4 cm³/mol. The van der Waals surface area contributed by atoms with Crippen LogP contribution in [0.15, 0.2) is 48.3 Å². The highest BCUT2D eigenvalue weighted by atomic mass is 32.2. The van der Waals surface area contributed by atoms with Crippen molar-refractivity contribution in [2.45, 2.75) is 25.9 Å². The summed E-state index contributed by atoms with van der Waals surface area (Å²) in [6.07, 6.45) is 6.00. The van der Waals surface area contributed by atoms with Crippen molar-refractivity contribution in [3.8, 4) is 5.88 Å². The number of aromatic nitrogens is 2. The average Bonchev–Trinajstić information content (AvgIpc) is 2.62. The van der Waals surface area contributed by atoms with E-state index in [0.717, 1.165) is 24.0 Å². The van der Waals surface area contributed by atoms with Crippen LogP contribution < -0.4 is 4.74 Å². The normalized spacial score (nSPS) is 19.2. The number of rotatable bonds is 5. The van der Waals surface area contributed by atoms with Crippen molar-refractivity contribution in [3.63, 3.8) is 0 Å². The van der Waals surface area contributed by atoms with Gasteiger partial charge in [0.1, 0.15) is 12.4 Å². The first-order valence-electron chi connectivity index (χ1n) is 8.20. The molecule has 0 radical (unpaired) electrons. The Balaban J connectivity index is 1.66. The SMILES string of the molecule is Cc1ccc(/C=C/S(=O)(=O)N2CCCC(Oc3ccncn3)C2)cc1. The molecule has 0 N–H and O–H groups in total. The molecule has 1 fully saturated rings. The minimum Gasteiger partial charge on any atom is -0.473 e. The summed E-state index contributed by atoms with van der Waals surface area (Å²) in [6, 6.07) is 9.39. The maximum atomic E-state index is 12.6. The first-order valence-corrected chi connectivity index (χ1v) is 9.71. The van der Waals surface area contributed by atoms with Gasteiger partial charge in [0.2, 0.25) is 15.9 Å². The van der Waals surface area contributed by atoms with Gasteiger partial charge in [-0.3, -0.25) is 0 Å². The quantitative estimate of drug-likeness (QED) is 0.821. The topological polar surface area (TPSA) is 72.4 Å². The molecule has 132 valence electrons. The Morgan fingerprint density at radius 2 is 2.04 bits per heavy atom. The van der Waals surface area contributed by atoms with E-state index < -0.39 is 10.0 Å². The molecule has 0 saturated carbocycles. The summed E-state index contributed by atoms with van der Waals surface area (Å²) in [5.74, 6) is 0.467. The molecule has 1 atom stereocenters. The Morgan fingerprint density at radius 3 is 2.76 bits per heavy atom. The molecule has 1 aliphatic heterocycles. The van der Waals surface area contributed by atoms with Gasteiger partial charge in [-0.2, -0.15) is 4.31 Å². The van der Waals surface area contributed by atoms with Crippen molar-refractivity contribution in [1.82, 2.24) is 14.3 Å². The third kappa shape index (κ3) is 4.87. The van der Waals surface area contributed by atoms with Crippen LogP contribution in [0.3, 0.4) is 0 Å². The van der Waals surface area contributed by atoms with Crippen LogP contribution in [-0.2, 0) is 10.0 Å². The van der Waals surface area contributed by atoms with Gasteiger partial charge in [-0.15, -0.1) is 0 Å². The van der Waals surface area contributed by atoms with E-state index in [1.807, 2.05) is 31.2 Å². The lowest BCUT2D eigenvalue weighted by Crippen LogP contribution is -2.43. The van der Waals surface area contributed by atoms with Crippen LogP contribution in [0.25, 0.3) is 6.08 Å². The van der Waals surface area contributed by atoms with E-state index in [2.05, 4.69) is 9.97 Å². The molecule has 0 spiro atoms. The van der Waals surface area contributed by atoms with Crippen molar-refractivity contribution < 1.29 is 13.2 Å². The van der Waals surface area contributed by atoms with Crippen LogP contribution in [0.1, 0.15) is 24.0 Å². The second kappa shape index (κ2) is 7.76. The molecule has 0 bridgehead atoms. The molecule has 1 aromatic heterocycles. The summed E-state index contributed by atoms with van der Waals surface area (Å²) >= 11 is 0. The molecular formula is C18H21N3O3S. The van der Waals surface area contributed by atoms with Crippen molar-refractivity contribution in [2.75, 3.05) is 13.1 Å². The fourth-order valence-electron chi connectivity index (χ4n) is 2.68. The lowest BCUT2D eigenvalue weighted by atomic mass is 10.1. The highest BCUT2D eigenvalue weighted by molar-refractivity contribution is 7.92. The number of benzene rings is 1. The molecule has 1 unspecified atom stereocenters.